The molecule has 0 amide bonds. The summed E-state index contributed by atoms with van der Waals surface area (Å²) < 4.78 is 7.91. The minimum atomic E-state index is -1.90. The maximum atomic E-state index is 6.38. The van der Waals surface area contributed by atoms with Gasteiger partial charge in [-0.1, -0.05) is 102 Å². The fourth-order valence-corrected chi connectivity index (χ4v) is 11.1. The number of fused-ring (bicyclic) bond motifs is 4. The van der Waals surface area contributed by atoms with Crippen molar-refractivity contribution in [1.82, 2.24) is 4.98 Å². The second-order valence-electron chi connectivity index (χ2n) is 16.6. The molecule has 1 atom stereocenters. The molecule has 3 heterocycles. The van der Waals surface area contributed by atoms with Gasteiger partial charge in [0.25, 0.3) is 0 Å². The first-order valence-electron chi connectivity index (χ1n) is 19.2. The molecule has 0 saturated carbocycles. The van der Waals surface area contributed by atoms with Crippen molar-refractivity contribution in [3.05, 3.63) is 186 Å². The molecule has 9 rings (SSSR count). The van der Waals surface area contributed by atoms with E-state index < -0.39 is 13.3 Å². The Bertz CT molecular complexity index is 2650. The number of hydrogen-bond donors (Lipinski definition) is 0. The van der Waals surface area contributed by atoms with Gasteiger partial charge in [0, 0.05) is 31.4 Å². The molecule has 8 aromatic rings. The third-order valence-corrected chi connectivity index (χ3v) is 14.6. The Morgan fingerprint density at radius 2 is 1.39 bits per heavy atom. The van der Waals surface area contributed by atoms with Crippen LogP contribution in [0, 0.1) is 17.5 Å². The molecule has 1 radical (unpaired) electrons. The molecule has 5 heteroatoms. The molecule has 0 fully saturated rings. The van der Waals surface area contributed by atoms with E-state index in [1.165, 1.54) is 32.2 Å². The Labute approximate surface area is 347 Å². The van der Waals surface area contributed by atoms with E-state index >= 15 is 0 Å². The minimum absolute atomic E-state index is 0. The van der Waals surface area contributed by atoms with Gasteiger partial charge < -0.3 is 4.42 Å². The van der Waals surface area contributed by atoms with Gasteiger partial charge in [0.2, 0.25) is 0 Å². The van der Waals surface area contributed by atoms with Gasteiger partial charge in [-0.3, -0.25) is 4.99 Å². The molecule has 0 aliphatic carbocycles. The maximum Gasteiger partial charge on any atom is 0.120 e. The molecule has 0 saturated heterocycles. The summed E-state index contributed by atoms with van der Waals surface area (Å²) in [5.74, 6) is 7.31. The van der Waals surface area contributed by atoms with Crippen molar-refractivity contribution in [3.63, 3.8) is 0 Å². The quantitative estimate of drug-likeness (QED) is 0.123. The fourth-order valence-electron chi connectivity index (χ4n) is 7.79. The molecule has 56 heavy (non-hydrogen) atoms. The topological polar surface area (TPSA) is 38.4 Å². The number of pyridine rings is 1. The van der Waals surface area contributed by atoms with Gasteiger partial charge >= 0.3 is 132 Å². The zero-order valence-electron chi connectivity index (χ0n) is 32.9. The molecule has 2 aromatic heterocycles. The number of benzene rings is 6. The first-order chi connectivity index (χ1) is 26.5. The van der Waals surface area contributed by atoms with E-state index in [1.54, 1.807) is 0 Å². The minimum Gasteiger partial charge on any atom is -0.501 e. The average molecular weight is 968 g/mol. The van der Waals surface area contributed by atoms with Gasteiger partial charge in [-0.15, -0.1) is 18.2 Å². The molecular formula is C51H46GeIrN2O-2. The van der Waals surface area contributed by atoms with Gasteiger partial charge in [-0.25, -0.2) is 0 Å². The van der Waals surface area contributed by atoms with E-state index in [0.29, 0.717) is 5.41 Å². The summed E-state index contributed by atoms with van der Waals surface area (Å²) in [6.45, 7) is 6.92. The SMILES string of the molecule is CC(C)(C)Cc1cc(-c2[c-]cccc2)nc[c]1[Ge]([CH3])([CH3])[CH3].[Ir].[c-]1ccc2c(oc3ccccc32)c1C1=Nc2ccccc2C1c1ccccc1-c1ccccc1. The average Bonchev–Trinajstić information content (AvgIpc) is 3.77. The van der Waals surface area contributed by atoms with E-state index in [0.717, 1.165) is 56.6 Å². The molecule has 281 valence electrons. The van der Waals surface area contributed by atoms with Crippen molar-refractivity contribution < 1.29 is 24.5 Å². The number of hydrogen-bond acceptors (Lipinski definition) is 3. The van der Waals surface area contributed by atoms with Crippen LogP contribution in [-0.2, 0) is 26.5 Å². The van der Waals surface area contributed by atoms with Crippen molar-refractivity contribution in [2.24, 2.45) is 10.4 Å². The largest absolute Gasteiger partial charge is 0.501 e. The van der Waals surface area contributed by atoms with Crippen molar-refractivity contribution in [1.29, 1.82) is 0 Å². The number of nitrogens with zero attached hydrogens (tertiary/aromatic N) is 2. The zero-order chi connectivity index (χ0) is 38.2. The molecular weight excluding hydrogens is 921 g/mol. The second kappa shape index (κ2) is 16.3. The zero-order valence-corrected chi connectivity index (χ0v) is 37.3. The number of para-hydroxylation sites is 2. The summed E-state index contributed by atoms with van der Waals surface area (Å²) in [5.41, 5.74) is 13.4. The molecule has 0 N–H and O–H groups in total. The molecule has 1 aliphatic rings. The second-order valence-corrected chi connectivity index (χ2v) is 27.2. The monoisotopic (exact) mass is 969 g/mol. The predicted octanol–water partition coefficient (Wildman–Crippen LogP) is 13.0. The van der Waals surface area contributed by atoms with Crippen LogP contribution in [0.3, 0.4) is 0 Å². The standard InChI is InChI=1S/C32H20NO.C19H26GeN.Ir/c1-2-11-21(12-3-1)22-13-4-5-15-24(22)30-26-16-6-8-19-28(26)33-31(30)27-18-10-17-25-23-14-7-9-20-29(23)34-32(25)27;1-19(2,3)13-16-12-18(15-10-8-7-9-11-15)21-14-17(16)20(4,5)6;/h1-17,19-20,30H;7-10,12,14H,13H2,1-6H3;/q2*-1;. The van der Waals surface area contributed by atoms with Gasteiger partial charge in [0.15, 0.2) is 0 Å². The molecule has 6 aromatic carbocycles. The van der Waals surface area contributed by atoms with Crippen molar-refractivity contribution in [2.45, 2.75) is 50.4 Å². The fraction of sp³-hybridized carbons (Fsp3) is 0.176. The summed E-state index contributed by atoms with van der Waals surface area (Å²) >= 11 is -1.90. The first-order valence-corrected chi connectivity index (χ1v) is 26.5. The van der Waals surface area contributed by atoms with E-state index in [4.69, 9.17) is 14.4 Å². The third-order valence-electron chi connectivity index (χ3n) is 10.2. The summed E-state index contributed by atoms with van der Waals surface area (Å²) in [4.78, 5) is 9.88. The summed E-state index contributed by atoms with van der Waals surface area (Å²) in [6, 6.07) is 57.1. The molecule has 0 spiro atoms. The van der Waals surface area contributed by atoms with E-state index in [2.05, 4.69) is 166 Å². The van der Waals surface area contributed by atoms with Gasteiger partial charge in [0.05, 0.1) is 11.3 Å². The summed E-state index contributed by atoms with van der Waals surface area (Å²) in [5, 5.41) is 2.21. The van der Waals surface area contributed by atoms with Crippen LogP contribution in [0.2, 0.25) is 17.3 Å². The Morgan fingerprint density at radius 1 is 0.696 bits per heavy atom. The van der Waals surface area contributed by atoms with Gasteiger partial charge in [0.1, 0.15) is 5.58 Å². The number of aliphatic imine (C=N–C) groups is 1. The number of rotatable bonds is 6. The van der Waals surface area contributed by atoms with Crippen LogP contribution in [-0.4, -0.2) is 24.0 Å². The predicted molar refractivity (Wildman–Crippen MR) is 234 cm³/mol. The Morgan fingerprint density at radius 3 is 2.14 bits per heavy atom. The maximum absolute atomic E-state index is 6.38. The third kappa shape index (κ3) is 8.16. The van der Waals surface area contributed by atoms with E-state index in [-0.39, 0.29) is 26.0 Å². The van der Waals surface area contributed by atoms with Crippen LogP contribution in [0.5, 0.6) is 0 Å². The van der Waals surface area contributed by atoms with Crippen molar-refractivity contribution in [3.8, 4) is 22.4 Å². The molecule has 1 unspecified atom stereocenters. The van der Waals surface area contributed by atoms with Crippen molar-refractivity contribution in [2.75, 3.05) is 0 Å². The normalized spacial score (nSPS) is 13.8. The van der Waals surface area contributed by atoms with Crippen LogP contribution in [0.25, 0.3) is 44.3 Å². The van der Waals surface area contributed by atoms with Gasteiger partial charge in [-0.2, -0.15) is 0 Å². The van der Waals surface area contributed by atoms with Crippen LogP contribution in [0.4, 0.5) is 5.69 Å². The number of aromatic nitrogens is 1. The Hall–Kier alpha value is -4.87. The molecule has 1 aliphatic heterocycles. The molecule has 3 nitrogen and oxygen atoms in total. The van der Waals surface area contributed by atoms with Gasteiger partial charge in [-0.05, 0) is 40.1 Å². The molecule has 0 bridgehead atoms. The van der Waals surface area contributed by atoms with Crippen molar-refractivity contribution >= 4 is 51.0 Å². The first kappa shape index (κ1) is 39.4. The Balaban J connectivity index is 0.000000190. The summed E-state index contributed by atoms with van der Waals surface area (Å²) in [6.07, 6.45) is 3.24. The summed E-state index contributed by atoms with van der Waals surface area (Å²) in [7, 11) is 0. The van der Waals surface area contributed by atoms with E-state index in [1.807, 2.05) is 36.4 Å². The smallest absolute Gasteiger partial charge is 0.120 e. The van der Waals surface area contributed by atoms with Crippen LogP contribution in [0.1, 0.15) is 48.9 Å². The van der Waals surface area contributed by atoms with Crippen LogP contribution in [0.15, 0.2) is 161 Å². The van der Waals surface area contributed by atoms with E-state index in [9.17, 15) is 0 Å². The van der Waals surface area contributed by atoms with Crippen LogP contribution >= 0.6 is 0 Å². The van der Waals surface area contributed by atoms with Crippen LogP contribution < -0.4 is 4.40 Å². The number of furan rings is 1. The Kier molecular flexibility index (Phi) is 11.5.